The van der Waals surface area contributed by atoms with E-state index in [0.29, 0.717) is 41.2 Å². The van der Waals surface area contributed by atoms with Gasteiger partial charge in [0.25, 0.3) is 11.8 Å². The van der Waals surface area contributed by atoms with Crippen molar-refractivity contribution in [2.75, 3.05) is 23.9 Å². The van der Waals surface area contributed by atoms with E-state index in [0.717, 1.165) is 16.7 Å². The lowest BCUT2D eigenvalue weighted by molar-refractivity contribution is -0.151. The molecule has 10 heteroatoms. The van der Waals surface area contributed by atoms with Gasteiger partial charge in [-0.15, -0.1) is 0 Å². The summed E-state index contributed by atoms with van der Waals surface area (Å²) < 4.78 is 12.2. The van der Waals surface area contributed by atoms with Gasteiger partial charge in [-0.05, 0) is 79.4 Å². The minimum atomic E-state index is -1.55. The fraction of sp³-hybridized carbons (Fsp3) is 0.357. The summed E-state index contributed by atoms with van der Waals surface area (Å²) >= 11 is 0. The number of aliphatic hydroxyl groups excluding tert-OH is 1. The van der Waals surface area contributed by atoms with Crippen LogP contribution in [0.5, 0.6) is 5.75 Å². The predicted molar refractivity (Wildman–Crippen MR) is 197 cm³/mol. The Balaban J connectivity index is 1.25. The molecule has 270 valence electrons. The summed E-state index contributed by atoms with van der Waals surface area (Å²) in [5.41, 5.74) is 2.29. The number of ether oxygens (including phenoxy) is 2. The van der Waals surface area contributed by atoms with Crippen molar-refractivity contribution < 1.29 is 34.1 Å². The summed E-state index contributed by atoms with van der Waals surface area (Å²) in [6.07, 6.45) is -0.385. The van der Waals surface area contributed by atoms with Gasteiger partial charge in [0.05, 0.1) is 50.1 Å². The molecule has 10 nitrogen and oxygen atoms in total. The minimum Gasteiger partial charge on any atom is -0.497 e. The lowest BCUT2D eigenvalue weighted by Gasteiger charge is -2.38. The highest BCUT2D eigenvalue weighted by Crippen LogP contribution is 2.58. The van der Waals surface area contributed by atoms with Crippen LogP contribution < -0.4 is 15.0 Å². The first-order valence-corrected chi connectivity index (χ1v) is 17.8. The first-order valence-electron chi connectivity index (χ1n) is 17.8. The van der Waals surface area contributed by atoms with E-state index in [4.69, 9.17) is 9.47 Å². The average molecular weight is 704 g/mol. The molecule has 3 aliphatic heterocycles. The van der Waals surface area contributed by atoms with Crippen LogP contribution in [0.15, 0.2) is 97.1 Å². The van der Waals surface area contributed by atoms with Crippen molar-refractivity contribution in [1.82, 2.24) is 4.90 Å². The number of hydrogen-bond donors (Lipinski definition) is 3. The topological polar surface area (TPSA) is 129 Å². The minimum absolute atomic E-state index is 0.0887. The lowest BCUT2D eigenvalue weighted by atomic mass is 9.70. The molecule has 5 atom stereocenters. The van der Waals surface area contributed by atoms with Gasteiger partial charge in [-0.1, -0.05) is 61.5 Å². The van der Waals surface area contributed by atoms with E-state index in [9.17, 15) is 24.6 Å². The van der Waals surface area contributed by atoms with Gasteiger partial charge in [0.1, 0.15) is 5.75 Å². The third-order valence-corrected chi connectivity index (χ3v) is 11.0. The highest BCUT2D eigenvalue weighted by atomic mass is 16.5. The molecule has 0 aromatic heterocycles. The molecule has 1 fully saturated rings. The number of hydrogen-bond acceptors (Lipinski definition) is 7. The van der Waals surface area contributed by atoms with Crippen molar-refractivity contribution in [3.63, 3.8) is 0 Å². The molecule has 0 saturated carbocycles. The van der Waals surface area contributed by atoms with Gasteiger partial charge in [-0.3, -0.25) is 14.4 Å². The maximum absolute atomic E-state index is 14.9. The Morgan fingerprint density at radius 2 is 1.67 bits per heavy atom. The molecular formula is C42H45N3O7. The van der Waals surface area contributed by atoms with Gasteiger partial charge >= 0.3 is 0 Å². The van der Waals surface area contributed by atoms with Crippen LogP contribution in [0.25, 0.3) is 0 Å². The number of carbonyl (C=O) groups excluding carboxylic acids is 3. The second kappa shape index (κ2) is 13.8. The number of methoxy groups -OCH3 is 1. The quantitative estimate of drug-likeness (QED) is 0.212. The van der Waals surface area contributed by atoms with Gasteiger partial charge < -0.3 is 34.8 Å². The summed E-state index contributed by atoms with van der Waals surface area (Å²) in [6, 6.07) is 29.3. The molecule has 1 saturated heterocycles. The standard InChI is InChI=1S/C42H45N3O7/c1-26-38(41(2,3)50)36(22-37(47)44-24-30-13-9-8-12-29(30)20-32(44)25-46)52-42(26)34-21-31(43-39(48)28-14-17-33(51-4)18-15-28)16-19-35(34)45(40(42)49)23-27-10-6-5-7-11-27/h5-19,21,26,32,36,38,46,50H,20,22-25H2,1-4H3,(H,43,48)/t26-,32+,36+,38-,42+/m1/s1. The molecule has 7 rings (SSSR count). The Bertz CT molecular complexity index is 1980. The lowest BCUT2D eigenvalue weighted by Crippen LogP contribution is -2.48. The van der Waals surface area contributed by atoms with Crippen LogP contribution in [0.3, 0.4) is 0 Å². The van der Waals surface area contributed by atoms with Gasteiger partial charge in [-0.25, -0.2) is 0 Å². The van der Waals surface area contributed by atoms with E-state index in [2.05, 4.69) is 5.32 Å². The zero-order valence-corrected chi connectivity index (χ0v) is 29.9. The smallest absolute Gasteiger partial charge is 0.264 e. The molecule has 52 heavy (non-hydrogen) atoms. The molecule has 3 N–H and O–H groups in total. The fourth-order valence-corrected chi connectivity index (χ4v) is 8.56. The van der Waals surface area contributed by atoms with Crippen LogP contribution >= 0.6 is 0 Å². The monoisotopic (exact) mass is 703 g/mol. The molecule has 3 heterocycles. The van der Waals surface area contributed by atoms with Gasteiger partial charge in [0.15, 0.2) is 5.60 Å². The zero-order valence-electron chi connectivity index (χ0n) is 29.9. The van der Waals surface area contributed by atoms with Crippen LogP contribution in [0.1, 0.15) is 59.8 Å². The Hall–Kier alpha value is -5.03. The Labute approximate surface area is 304 Å². The van der Waals surface area contributed by atoms with Crippen LogP contribution in [0.2, 0.25) is 0 Å². The summed E-state index contributed by atoms with van der Waals surface area (Å²) in [7, 11) is 1.56. The van der Waals surface area contributed by atoms with Crippen molar-refractivity contribution >= 4 is 29.1 Å². The largest absolute Gasteiger partial charge is 0.497 e. The molecule has 3 amide bonds. The molecule has 0 bridgehead atoms. The maximum atomic E-state index is 14.9. The third-order valence-electron chi connectivity index (χ3n) is 11.0. The molecule has 1 spiro atoms. The van der Waals surface area contributed by atoms with Crippen LogP contribution in [-0.2, 0) is 39.4 Å². The summed E-state index contributed by atoms with van der Waals surface area (Å²) in [4.78, 5) is 45.9. The Kier molecular flexibility index (Phi) is 9.41. The van der Waals surface area contributed by atoms with Crippen LogP contribution in [0, 0.1) is 11.8 Å². The summed E-state index contributed by atoms with van der Waals surface area (Å²) in [5, 5.41) is 25.0. The van der Waals surface area contributed by atoms with E-state index >= 15 is 0 Å². The van der Waals surface area contributed by atoms with E-state index in [1.54, 1.807) is 67.2 Å². The maximum Gasteiger partial charge on any atom is 0.264 e. The number of aliphatic hydroxyl groups is 2. The van der Waals surface area contributed by atoms with E-state index < -0.39 is 35.2 Å². The van der Waals surface area contributed by atoms with Crippen molar-refractivity contribution in [3.05, 3.63) is 125 Å². The summed E-state index contributed by atoms with van der Waals surface area (Å²) in [5.74, 6) is -1.40. The summed E-state index contributed by atoms with van der Waals surface area (Å²) in [6.45, 7) is 5.72. The molecule has 0 radical (unpaired) electrons. The van der Waals surface area contributed by atoms with E-state index in [-0.39, 0.29) is 37.3 Å². The molecular weight excluding hydrogens is 658 g/mol. The van der Waals surface area contributed by atoms with Crippen molar-refractivity contribution in [2.24, 2.45) is 11.8 Å². The number of anilines is 2. The van der Waals surface area contributed by atoms with Gasteiger partial charge in [-0.2, -0.15) is 0 Å². The van der Waals surface area contributed by atoms with Crippen molar-refractivity contribution in [3.8, 4) is 5.75 Å². The highest BCUT2D eigenvalue weighted by molar-refractivity contribution is 6.09. The van der Waals surface area contributed by atoms with E-state index in [1.165, 1.54) is 0 Å². The number of carbonyl (C=O) groups is 3. The molecule has 4 aromatic rings. The molecule has 0 unspecified atom stereocenters. The zero-order chi connectivity index (χ0) is 36.8. The first-order chi connectivity index (χ1) is 24.9. The Morgan fingerprint density at radius 1 is 0.981 bits per heavy atom. The number of nitrogens with one attached hydrogen (secondary N) is 1. The van der Waals surface area contributed by atoms with E-state index in [1.807, 2.05) is 67.6 Å². The number of rotatable bonds is 9. The number of nitrogens with zero attached hydrogens (tertiary/aromatic N) is 2. The van der Waals surface area contributed by atoms with Crippen LogP contribution in [0.4, 0.5) is 11.4 Å². The van der Waals surface area contributed by atoms with Crippen molar-refractivity contribution in [2.45, 2.75) is 70.1 Å². The van der Waals surface area contributed by atoms with Gasteiger partial charge in [0.2, 0.25) is 5.91 Å². The Morgan fingerprint density at radius 3 is 2.35 bits per heavy atom. The average Bonchev–Trinajstić information content (AvgIpc) is 3.57. The normalized spacial score (nSPS) is 23.8. The highest BCUT2D eigenvalue weighted by Gasteiger charge is 2.66. The van der Waals surface area contributed by atoms with Gasteiger partial charge in [0, 0.05) is 35.2 Å². The third kappa shape index (κ3) is 6.25. The second-order valence-corrected chi connectivity index (χ2v) is 14.7. The SMILES string of the molecule is COc1ccc(C(=O)Nc2ccc3c(c2)[C@]2(O[C@@H](CC(=O)N4Cc5ccccc5C[C@H]4CO)[C@H](C(C)(C)O)[C@H]2C)C(=O)N3Cc2ccccc2)cc1. The molecule has 4 aromatic carbocycles. The number of amides is 3. The van der Waals surface area contributed by atoms with Crippen molar-refractivity contribution in [1.29, 1.82) is 0 Å². The second-order valence-electron chi connectivity index (χ2n) is 14.7. The number of fused-ring (bicyclic) bond motifs is 3. The molecule has 3 aliphatic rings. The first kappa shape index (κ1) is 35.4. The fourth-order valence-electron chi connectivity index (χ4n) is 8.56. The van der Waals surface area contributed by atoms with Crippen LogP contribution in [-0.4, -0.2) is 64.3 Å². The number of benzene rings is 4. The molecule has 0 aliphatic carbocycles. The predicted octanol–water partition coefficient (Wildman–Crippen LogP) is 5.45.